The monoisotopic (exact) mass is 288 g/mol. The van der Waals surface area contributed by atoms with Gasteiger partial charge in [-0.1, -0.05) is 36.3 Å². The molecule has 4 nitrogen and oxygen atoms in total. The van der Waals surface area contributed by atoms with Crippen LogP contribution in [0.3, 0.4) is 0 Å². The smallest absolute Gasteiger partial charge is 0.335 e. The van der Waals surface area contributed by atoms with E-state index in [0.29, 0.717) is 6.42 Å². The predicted octanol–water partition coefficient (Wildman–Crippen LogP) is 2.17. The second-order valence-corrected chi connectivity index (χ2v) is 5.52. The molecule has 0 spiro atoms. The molecule has 1 aliphatic rings. The molecular weight excluding hydrogens is 268 g/mol. The maximum atomic E-state index is 12.0. The summed E-state index contributed by atoms with van der Waals surface area (Å²) in [5.74, 6) is 1.01. The van der Waals surface area contributed by atoms with E-state index < -0.39 is 24.0 Å². The number of hydrogen-bond donors (Lipinski definition) is 0. The maximum absolute atomic E-state index is 12.0. The quantitative estimate of drug-likeness (QED) is 0.631. The van der Waals surface area contributed by atoms with Gasteiger partial charge in [0.05, 0.1) is 7.11 Å². The van der Waals surface area contributed by atoms with Crippen molar-refractivity contribution in [2.24, 2.45) is 5.92 Å². The van der Waals surface area contributed by atoms with E-state index in [2.05, 4.69) is 5.92 Å². The van der Waals surface area contributed by atoms with Gasteiger partial charge in [-0.2, -0.15) is 0 Å². The fourth-order valence-corrected chi connectivity index (χ4v) is 2.57. The van der Waals surface area contributed by atoms with Crippen molar-refractivity contribution in [3.8, 4) is 12.3 Å². The third kappa shape index (κ3) is 3.63. The third-order valence-corrected chi connectivity index (χ3v) is 3.51. The van der Waals surface area contributed by atoms with Gasteiger partial charge in [-0.05, 0) is 25.8 Å². The average molecular weight is 288 g/mol. The molecule has 21 heavy (non-hydrogen) atoms. The molecule has 0 bridgehead atoms. The Hall–Kier alpha value is -1.83. The average Bonchev–Trinajstić information content (AvgIpc) is 2.48. The van der Waals surface area contributed by atoms with Crippen LogP contribution in [0.1, 0.15) is 19.4 Å². The van der Waals surface area contributed by atoms with Gasteiger partial charge in [0.2, 0.25) is 0 Å². The van der Waals surface area contributed by atoms with Crippen LogP contribution >= 0.6 is 0 Å². The molecule has 4 heteroatoms. The molecule has 3 atom stereocenters. The van der Waals surface area contributed by atoms with Crippen molar-refractivity contribution in [1.29, 1.82) is 0 Å². The Balaban J connectivity index is 2.28. The lowest BCUT2D eigenvalue weighted by Crippen LogP contribution is -2.54. The van der Waals surface area contributed by atoms with Crippen LogP contribution in [0, 0.1) is 18.3 Å². The zero-order chi connectivity index (χ0) is 15.5. The fourth-order valence-electron chi connectivity index (χ4n) is 2.57. The summed E-state index contributed by atoms with van der Waals surface area (Å²) in [5, 5.41) is 0. The van der Waals surface area contributed by atoms with Crippen molar-refractivity contribution in [3.05, 3.63) is 35.9 Å². The van der Waals surface area contributed by atoms with Gasteiger partial charge in [-0.15, -0.1) is 6.42 Å². The van der Waals surface area contributed by atoms with E-state index >= 15 is 0 Å². The molecule has 1 aliphatic heterocycles. The molecule has 1 heterocycles. The summed E-state index contributed by atoms with van der Waals surface area (Å²) in [7, 11) is 1.35. The number of hydrogen-bond acceptors (Lipinski definition) is 4. The summed E-state index contributed by atoms with van der Waals surface area (Å²) in [4.78, 5) is 12.0. The van der Waals surface area contributed by atoms with Crippen molar-refractivity contribution in [2.75, 3.05) is 7.11 Å². The Morgan fingerprint density at radius 3 is 2.57 bits per heavy atom. The number of terminal acetylenes is 1. The van der Waals surface area contributed by atoms with Gasteiger partial charge in [-0.25, -0.2) is 4.79 Å². The molecule has 0 unspecified atom stereocenters. The Labute approximate surface area is 125 Å². The molecular formula is C17H20O4. The molecule has 112 valence electrons. The van der Waals surface area contributed by atoms with Gasteiger partial charge in [-0.3, -0.25) is 0 Å². The molecule has 1 aromatic rings. The zero-order valence-electron chi connectivity index (χ0n) is 12.5. The Kier molecular flexibility index (Phi) is 4.66. The Morgan fingerprint density at radius 2 is 2.00 bits per heavy atom. The lowest BCUT2D eigenvalue weighted by Gasteiger charge is -2.43. The molecule has 0 aromatic heterocycles. The molecule has 1 saturated heterocycles. The number of rotatable bonds is 3. The number of benzene rings is 1. The van der Waals surface area contributed by atoms with Gasteiger partial charge in [0.15, 0.2) is 11.9 Å². The molecule has 0 aliphatic carbocycles. The first-order valence-corrected chi connectivity index (χ1v) is 6.90. The number of carbonyl (C=O) groups is 1. The number of carbonyl (C=O) groups excluding carboxylic acids is 1. The molecule has 2 rings (SSSR count). The van der Waals surface area contributed by atoms with Crippen LogP contribution in [-0.4, -0.2) is 31.1 Å². The van der Waals surface area contributed by atoms with Crippen LogP contribution in [0.25, 0.3) is 0 Å². The van der Waals surface area contributed by atoms with E-state index in [9.17, 15) is 4.79 Å². The molecule has 1 fully saturated rings. The van der Waals surface area contributed by atoms with Crippen LogP contribution in [0.5, 0.6) is 0 Å². The summed E-state index contributed by atoms with van der Waals surface area (Å²) < 4.78 is 16.4. The molecule has 1 aromatic carbocycles. The van der Waals surface area contributed by atoms with E-state index in [-0.39, 0.29) is 5.92 Å². The first kappa shape index (κ1) is 15.6. The van der Waals surface area contributed by atoms with Crippen LogP contribution in [-0.2, 0) is 25.4 Å². The summed E-state index contributed by atoms with van der Waals surface area (Å²) in [5.41, 5.74) is 1.07. The van der Waals surface area contributed by atoms with Crippen molar-refractivity contribution in [1.82, 2.24) is 0 Å². The SMILES string of the molecule is C#C[C@@H]1OC(C)(C)O[C@H](C(=O)OC)[C@H]1Cc1ccccc1. The first-order valence-electron chi connectivity index (χ1n) is 6.90. The van der Waals surface area contributed by atoms with Gasteiger partial charge in [0, 0.05) is 5.92 Å². The number of ether oxygens (including phenoxy) is 3. The van der Waals surface area contributed by atoms with Crippen LogP contribution in [0.15, 0.2) is 30.3 Å². The van der Waals surface area contributed by atoms with Crippen molar-refractivity contribution in [3.63, 3.8) is 0 Å². The van der Waals surface area contributed by atoms with E-state index in [4.69, 9.17) is 20.6 Å². The minimum Gasteiger partial charge on any atom is -0.467 e. The minimum atomic E-state index is -0.914. The molecule has 0 radical (unpaired) electrons. The van der Waals surface area contributed by atoms with Crippen LogP contribution < -0.4 is 0 Å². The Bertz CT molecular complexity index is 529. The minimum absolute atomic E-state index is 0.280. The maximum Gasteiger partial charge on any atom is 0.335 e. The fraction of sp³-hybridized carbons (Fsp3) is 0.471. The molecule has 0 N–H and O–H groups in total. The highest BCUT2D eigenvalue weighted by Gasteiger charge is 2.46. The second-order valence-electron chi connectivity index (χ2n) is 5.52. The first-order chi connectivity index (χ1) is 9.96. The van der Waals surface area contributed by atoms with Gasteiger partial charge in [0.25, 0.3) is 0 Å². The largest absolute Gasteiger partial charge is 0.467 e. The normalized spacial score (nSPS) is 27.6. The highest BCUT2D eigenvalue weighted by atomic mass is 16.7. The number of methoxy groups -OCH3 is 1. The van der Waals surface area contributed by atoms with E-state index in [0.717, 1.165) is 5.56 Å². The highest BCUT2D eigenvalue weighted by Crippen LogP contribution is 2.33. The lowest BCUT2D eigenvalue weighted by molar-refractivity contribution is -0.306. The van der Waals surface area contributed by atoms with Crippen molar-refractivity contribution >= 4 is 5.97 Å². The van der Waals surface area contributed by atoms with E-state index in [1.54, 1.807) is 13.8 Å². The third-order valence-electron chi connectivity index (χ3n) is 3.51. The summed E-state index contributed by atoms with van der Waals surface area (Å²) in [6, 6.07) is 9.81. The van der Waals surface area contributed by atoms with E-state index in [1.165, 1.54) is 7.11 Å². The van der Waals surface area contributed by atoms with Gasteiger partial charge < -0.3 is 14.2 Å². The van der Waals surface area contributed by atoms with Crippen LogP contribution in [0.4, 0.5) is 0 Å². The summed E-state index contributed by atoms with van der Waals surface area (Å²) in [6.07, 6.45) is 4.94. The zero-order valence-corrected chi connectivity index (χ0v) is 12.5. The number of esters is 1. The van der Waals surface area contributed by atoms with E-state index in [1.807, 2.05) is 30.3 Å². The van der Waals surface area contributed by atoms with Gasteiger partial charge >= 0.3 is 5.97 Å². The van der Waals surface area contributed by atoms with Crippen molar-refractivity contribution in [2.45, 2.75) is 38.3 Å². The predicted molar refractivity (Wildman–Crippen MR) is 78.3 cm³/mol. The molecule has 0 saturated carbocycles. The standard InChI is InChI=1S/C17H20O4/c1-5-14-13(11-12-9-7-6-8-10-12)15(16(18)19-4)21-17(2,3)20-14/h1,6-10,13-15H,11H2,2-4H3/t13-,14-,15-/m0/s1. The second kappa shape index (κ2) is 6.30. The van der Waals surface area contributed by atoms with Crippen LogP contribution in [0.2, 0.25) is 0 Å². The molecule has 0 amide bonds. The lowest BCUT2D eigenvalue weighted by atomic mass is 9.87. The Morgan fingerprint density at radius 1 is 1.33 bits per heavy atom. The highest BCUT2D eigenvalue weighted by molar-refractivity contribution is 5.75. The summed E-state index contributed by atoms with van der Waals surface area (Å²) >= 11 is 0. The summed E-state index contributed by atoms with van der Waals surface area (Å²) in [6.45, 7) is 3.48. The topological polar surface area (TPSA) is 44.8 Å². The van der Waals surface area contributed by atoms with Gasteiger partial charge in [0.1, 0.15) is 6.10 Å². The van der Waals surface area contributed by atoms with Crippen molar-refractivity contribution < 1.29 is 19.0 Å².